The molecule has 114 valence electrons. The van der Waals surface area contributed by atoms with Crippen LogP contribution < -0.4 is 11.1 Å². The zero-order chi connectivity index (χ0) is 16.0. The topological polar surface area (TPSA) is 107 Å². The molecule has 1 aliphatic rings. The summed E-state index contributed by atoms with van der Waals surface area (Å²) in [6.07, 6.45) is 3.97. The highest BCUT2D eigenvalue weighted by Crippen LogP contribution is 2.39. The first-order valence-electron chi connectivity index (χ1n) is 7.36. The number of aromatic amines is 2. The van der Waals surface area contributed by atoms with Gasteiger partial charge in [-0.25, -0.2) is 0 Å². The molecule has 2 N–H and O–H groups in total. The fourth-order valence-electron chi connectivity index (χ4n) is 2.68. The minimum Gasteiger partial charge on any atom is -0.321 e. The van der Waals surface area contributed by atoms with Crippen LogP contribution in [0.25, 0.3) is 10.9 Å². The highest BCUT2D eigenvalue weighted by molar-refractivity contribution is 5.78. The predicted molar refractivity (Wildman–Crippen MR) is 83.2 cm³/mol. The first kappa shape index (κ1) is 13.5. The van der Waals surface area contributed by atoms with Gasteiger partial charge in [0.2, 0.25) is 0 Å². The van der Waals surface area contributed by atoms with Crippen molar-refractivity contribution in [3.63, 3.8) is 0 Å². The Morgan fingerprint density at radius 3 is 2.91 bits per heavy atom. The Kier molecular flexibility index (Phi) is 2.91. The summed E-state index contributed by atoms with van der Waals surface area (Å²) in [5.41, 5.74) is 1.53. The van der Waals surface area contributed by atoms with E-state index in [-0.39, 0.29) is 11.1 Å². The minimum atomic E-state index is -0.486. The van der Waals surface area contributed by atoms with E-state index < -0.39 is 5.56 Å². The van der Waals surface area contributed by atoms with Crippen molar-refractivity contribution in [3.8, 4) is 6.07 Å². The number of fused-ring (bicyclic) bond motifs is 1. The zero-order valence-electron chi connectivity index (χ0n) is 12.2. The number of pyridine rings is 2. The van der Waals surface area contributed by atoms with Gasteiger partial charge in [0.15, 0.2) is 0 Å². The molecule has 3 heterocycles. The van der Waals surface area contributed by atoms with Gasteiger partial charge < -0.3 is 9.55 Å². The average Bonchev–Trinajstić information content (AvgIpc) is 3.29. The standard InChI is InChI=1S/C16H13N5O2/c17-7-10-5-12-13(18-15(10)22)3-4-21(16(12)23)8-11-6-14(20-19-11)9-1-2-9/h3-6,9H,1-2,8H2,(H,18,22)(H,19,20). The van der Waals surface area contributed by atoms with Gasteiger partial charge in [-0.15, -0.1) is 0 Å². The summed E-state index contributed by atoms with van der Waals surface area (Å²) >= 11 is 0. The lowest BCUT2D eigenvalue weighted by Crippen LogP contribution is -2.22. The molecule has 4 rings (SSSR count). The molecule has 1 fully saturated rings. The zero-order valence-corrected chi connectivity index (χ0v) is 12.2. The van der Waals surface area contributed by atoms with Gasteiger partial charge >= 0.3 is 0 Å². The number of hydrogen-bond donors (Lipinski definition) is 2. The third kappa shape index (κ3) is 2.34. The van der Waals surface area contributed by atoms with Gasteiger partial charge in [0.1, 0.15) is 11.6 Å². The molecule has 7 heteroatoms. The molecule has 0 spiro atoms. The fourth-order valence-corrected chi connectivity index (χ4v) is 2.68. The van der Waals surface area contributed by atoms with Crippen LogP contribution in [0.1, 0.15) is 35.7 Å². The van der Waals surface area contributed by atoms with Crippen molar-refractivity contribution in [1.29, 1.82) is 5.26 Å². The first-order valence-corrected chi connectivity index (χ1v) is 7.36. The van der Waals surface area contributed by atoms with Crippen LogP contribution in [0.2, 0.25) is 0 Å². The van der Waals surface area contributed by atoms with E-state index in [0.29, 0.717) is 23.4 Å². The molecule has 0 unspecified atom stereocenters. The molecule has 0 radical (unpaired) electrons. The van der Waals surface area contributed by atoms with Crippen molar-refractivity contribution >= 4 is 10.9 Å². The Morgan fingerprint density at radius 2 is 2.17 bits per heavy atom. The van der Waals surface area contributed by atoms with Gasteiger partial charge in [-0.05, 0) is 31.0 Å². The van der Waals surface area contributed by atoms with Crippen molar-refractivity contribution in [3.05, 3.63) is 62.1 Å². The summed E-state index contributed by atoms with van der Waals surface area (Å²) < 4.78 is 1.53. The van der Waals surface area contributed by atoms with E-state index in [1.807, 2.05) is 6.07 Å². The molecule has 0 saturated heterocycles. The number of nitriles is 1. The second-order valence-corrected chi connectivity index (χ2v) is 5.79. The highest BCUT2D eigenvalue weighted by Gasteiger charge is 2.26. The number of nitrogens with zero attached hydrogens (tertiary/aromatic N) is 3. The monoisotopic (exact) mass is 307 g/mol. The van der Waals surface area contributed by atoms with Gasteiger partial charge in [0, 0.05) is 12.1 Å². The second-order valence-electron chi connectivity index (χ2n) is 5.79. The van der Waals surface area contributed by atoms with Crippen molar-refractivity contribution in [1.82, 2.24) is 19.7 Å². The molecule has 7 nitrogen and oxygen atoms in total. The van der Waals surface area contributed by atoms with E-state index in [1.54, 1.807) is 18.3 Å². The van der Waals surface area contributed by atoms with Crippen molar-refractivity contribution in [2.24, 2.45) is 0 Å². The van der Waals surface area contributed by atoms with Crippen molar-refractivity contribution < 1.29 is 0 Å². The molecule has 0 aliphatic heterocycles. The molecule has 23 heavy (non-hydrogen) atoms. The van der Waals surface area contributed by atoms with Gasteiger partial charge in [-0.2, -0.15) is 10.4 Å². The van der Waals surface area contributed by atoms with Gasteiger partial charge in [0.05, 0.1) is 28.8 Å². The Morgan fingerprint density at radius 1 is 1.35 bits per heavy atom. The summed E-state index contributed by atoms with van der Waals surface area (Å²) in [4.78, 5) is 26.7. The van der Waals surface area contributed by atoms with E-state index in [1.165, 1.54) is 23.5 Å². The lowest BCUT2D eigenvalue weighted by atomic mass is 10.2. The van der Waals surface area contributed by atoms with E-state index in [4.69, 9.17) is 5.26 Å². The molecule has 0 amide bonds. The van der Waals surface area contributed by atoms with E-state index in [9.17, 15) is 9.59 Å². The maximum atomic E-state index is 12.6. The summed E-state index contributed by atoms with van der Waals surface area (Å²) in [5.74, 6) is 0.552. The smallest absolute Gasteiger partial charge is 0.266 e. The van der Waals surface area contributed by atoms with Crippen molar-refractivity contribution in [2.45, 2.75) is 25.3 Å². The number of rotatable bonds is 3. The van der Waals surface area contributed by atoms with E-state index in [0.717, 1.165) is 11.4 Å². The van der Waals surface area contributed by atoms with Crippen LogP contribution >= 0.6 is 0 Å². The van der Waals surface area contributed by atoms with Gasteiger partial charge in [-0.3, -0.25) is 14.7 Å². The first-order chi connectivity index (χ1) is 11.2. The summed E-state index contributed by atoms with van der Waals surface area (Å²) in [6, 6.07) is 6.79. The molecule has 1 saturated carbocycles. The van der Waals surface area contributed by atoms with Crippen LogP contribution in [0.4, 0.5) is 0 Å². The molecule has 3 aromatic heterocycles. The molecule has 1 aliphatic carbocycles. The molecule has 0 aromatic carbocycles. The van der Waals surface area contributed by atoms with Crippen LogP contribution in [0.5, 0.6) is 0 Å². The second kappa shape index (κ2) is 4.95. The minimum absolute atomic E-state index is 0.0649. The number of nitrogens with one attached hydrogen (secondary N) is 2. The fraction of sp³-hybridized carbons (Fsp3) is 0.250. The third-order valence-corrected chi connectivity index (χ3v) is 4.09. The number of H-pyrrole nitrogens is 2. The Hall–Kier alpha value is -3.14. The lowest BCUT2D eigenvalue weighted by Gasteiger charge is -2.05. The highest BCUT2D eigenvalue weighted by atomic mass is 16.1. The summed E-state index contributed by atoms with van der Waals surface area (Å²) in [5, 5.41) is 16.5. The predicted octanol–water partition coefficient (Wildman–Crippen LogP) is 1.21. The summed E-state index contributed by atoms with van der Waals surface area (Å²) in [6.45, 7) is 0.371. The number of hydrogen-bond acceptors (Lipinski definition) is 4. The van der Waals surface area contributed by atoms with Crippen molar-refractivity contribution in [2.75, 3.05) is 0 Å². The molecule has 0 bridgehead atoms. The number of aromatic nitrogens is 4. The van der Waals surface area contributed by atoms with Crippen LogP contribution in [-0.2, 0) is 6.54 Å². The Labute approximate surface area is 130 Å². The third-order valence-electron chi connectivity index (χ3n) is 4.09. The molecule has 3 aromatic rings. The van der Waals surface area contributed by atoms with E-state index >= 15 is 0 Å². The normalized spacial score (nSPS) is 14.0. The maximum Gasteiger partial charge on any atom is 0.266 e. The molecule has 0 atom stereocenters. The SMILES string of the molecule is N#Cc1cc2c(=O)n(Cc3cc(C4CC4)n[nH]3)ccc2[nH]c1=O. The average molecular weight is 307 g/mol. The summed E-state index contributed by atoms with van der Waals surface area (Å²) in [7, 11) is 0. The lowest BCUT2D eigenvalue weighted by molar-refractivity contribution is 0.741. The van der Waals surface area contributed by atoms with Crippen LogP contribution in [-0.4, -0.2) is 19.7 Å². The largest absolute Gasteiger partial charge is 0.321 e. The maximum absolute atomic E-state index is 12.6. The van der Waals surface area contributed by atoms with Crippen LogP contribution in [0.15, 0.2) is 34.0 Å². The Balaban J connectivity index is 1.76. The van der Waals surface area contributed by atoms with Crippen LogP contribution in [0, 0.1) is 11.3 Å². The van der Waals surface area contributed by atoms with Gasteiger partial charge in [0.25, 0.3) is 11.1 Å². The van der Waals surface area contributed by atoms with Gasteiger partial charge in [-0.1, -0.05) is 0 Å². The molecular weight excluding hydrogens is 294 g/mol. The Bertz CT molecular complexity index is 1060. The van der Waals surface area contributed by atoms with Crippen LogP contribution in [0.3, 0.4) is 0 Å². The quantitative estimate of drug-likeness (QED) is 0.758. The molecular formula is C16H13N5O2. The van der Waals surface area contributed by atoms with E-state index in [2.05, 4.69) is 15.2 Å².